The lowest BCUT2D eigenvalue weighted by molar-refractivity contribution is 0.102. The molecule has 3 amide bonds. The summed E-state index contributed by atoms with van der Waals surface area (Å²) in [6, 6.07) is 23.7. The number of benzene rings is 3. The molecule has 3 aromatic carbocycles. The third kappa shape index (κ3) is 5.44. The highest BCUT2D eigenvalue weighted by molar-refractivity contribution is 6.04. The smallest absolute Gasteiger partial charge is 0.319 e. The fourth-order valence-corrected chi connectivity index (χ4v) is 2.61. The van der Waals surface area contributed by atoms with Crippen LogP contribution in [0.1, 0.15) is 21.5 Å². The molecule has 0 spiro atoms. The second kappa shape index (κ2) is 8.67. The van der Waals surface area contributed by atoms with Crippen LogP contribution >= 0.6 is 0 Å². The molecule has 0 aliphatic carbocycles. The fourth-order valence-electron chi connectivity index (χ4n) is 2.61. The molecule has 0 saturated carbocycles. The minimum absolute atomic E-state index is 0.198. The van der Waals surface area contributed by atoms with Crippen molar-refractivity contribution in [2.45, 2.75) is 13.5 Å². The Bertz CT molecular complexity index is 922. The largest absolute Gasteiger partial charge is 0.334 e. The number of carbonyl (C=O) groups excluding carboxylic acids is 2. The van der Waals surface area contributed by atoms with E-state index < -0.39 is 0 Å². The molecule has 3 aromatic rings. The average Bonchev–Trinajstić information content (AvgIpc) is 2.68. The summed E-state index contributed by atoms with van der Waals surface area (Å²) in [5.41, 5.74) is 4.06. The van der Waals surface area contributed by atoms with Gasteiger partial charge in [0, 0.05) is 23.5 Å². The molecule has 136 valence electrons. The van der Waals surface area contributed by atoms with Crippen LogP contribution in [0.15, 0.2) is 78.9 Å². The van der Waals surface area contributed by atoms with E-state index in [1.165, 1.54) is 0 Å². The summed E-state index contributed by atoms with van der Waals surface area (Å²) in [7, 11) is 0. The molecule has 0 aromatic heterocycles. The van der Waals surface area contributed by atoms with Crippen LogP contribution in [0, 0.1) is 6.92 Å². The molecule has 5 heteroatoms. The van der Waals surface area contributed by atoms with E-state index in [2.05, 4.69) is 16.0 Å². The Hall–Kier alpha value is -3.60. The third-order valence-corrected chi connectivity index (χ3v) is 3.97. The molecule has 27 heavy (non-hydrogen) atoms. The van der Waals surface area contributed by atoms with Gasteiger partial charge in [-0.3, -0.25) is 4.79 Å². The van der Waals surface area contributed by atoms with Gasteiger partial charge in [-0.25, -0.2) is 4.79 Å². The normalized spacial score (nSPS) is 10.1. The summed E-state index contributed by atoms with van der Waals surface area (Å²) < 4.78 is 0. The predicted molar refractivity (Wildman–Crippen MR) is 108 cm³/mol. The van der Waals surface area contributed by atoms with Crippen LogP contribution in [0.5, 0.6) is 0 Å². The quantitative estimate of drug-likeness (QED) is 0.624. The van der Waals surface area contributed by atoms with Crippen molar-refractivity contribution in [3.63, 3.8) is 0 Å². The van der Waals surface area contributed by atoms with Gasteiger partial charge in [0.1, 0.15) is 0 Å². The predicted octanol–water partition coefficient (Wildman–Crippen LogP) is 4.57. The molecule has 0 heterocycles. The molecule has 0 aliphatic rings. The molecular weight excluding hydrogens is 338 g/mol. The summed E-state index contributed by atoms with van der Waals surface area (Å²) >= 11 is 0. The molecule has 0 unspecified atom stereocenters. The van der Waals surface area contributed by atoms with Crippen LogP contribution in [0.25, 0.3) is 0 Å². The van der Waals surface area contributed by atoms with E-state index in [0.29, 0.717) is 17.8 Å². The Morgan fingerprint density at radius 1 is 0.778 bits per heavy atom. The van der Waals surface area contributed by atoms with Gasteiger partial charge in [0.25, 0.3) is 5.91 Å². The van der Waals surface area contributed by atoms with Crippen molar-refractivity contribution in [3.05, 3.63) is 95.6 Å². The van der Waals surface area contributed by atoms with E-state index >= 15 is 0 Å². The van der Waals surface area contributed by atoms with Crippen molar-refractivity contribution in [2.75, 3.05) is 10.6 Å². The van der Waals surface area contributed by atoms with Gasteiger partial charge >= 0.3 is 6.03 Å². The zero-order valence-corrected chi connectivity index (χ0v) is 15.0. The standard InChI is InChI=1S/C22H21N3O2/c1-16-6-5-7-17(14-16)15-23-22(27)25-20-12-10-18(11-13-20)21(26)24-19-8-3-2-4-9-19/h2-14H,15H2,1H3,(H,24,26)(H2,23,25,27). The van der Waals surface area contributed by atoms with Gasteiger partial charge in [-0.15, -0.1) is 0 Å². The van der Waals surface area contributed by atoms with Crippen molar-refractivity contribution in [2.24, 2.45) is 0 Å². The van der Waals surface area contributed by atoms with Crippen molar-refractivity contribution >= 4 is 23.3 Å². The molecular formula is C22H21N3O2. The van der Waals surface area contributed by atoms with Crippen LogP contribution < -0.4 is 16.0 Å². The second-order valence-electron chi connectivity index (χ2n) is 6.19. The van der Waals surface area contributed by atoms with E-state index in [1.54, 1.807) is 24.3 Å². The van der Waals surface area contributed by atoms with Crippen molar-refractivity contribution in [1.29, 1.82) is 0 Å². The van der Waals surface area contributed by atoms with E-state index in [-0.39, 0.29) is 11.9 Å². The van der Waals surface area contributed by atoms with E-state index in [9.17, 15) is 9.59 Å². The van der Waals surface area contributed by atoms with Crippen LogP contribution in [-0.4, -0.2) is 11.9 Å². The first kappa shape index (κ1) is 18.2. The lowest BCUT2D eigenvalue weighted by Crippen LogP contribution is -2.28. The Kier molecular flexibility index (Phi) is 5.84. The first-order valence-electron chi connectivity index (χ1n) is 8.67. The van der Waals surface area contributed by atoms with Crippen molar-refractivity contribution < 1.29 is 9.59 Å². The number of para-hydroxylation sites is 1. The van der Waals surface area contributed by atoms with E-state index in [1.807, 2.05) is 61.5 Å². The van der Waals surface area contributed by atoms with E-state index in [4.69, 9.17) is 0 Å². The Morgan fingerprint density at radius 2 is 1.48 bits per heavy atom. The van der Waals surface area contributed by atoms with Gasteiger partial charge in [-0.05, 0) is 48.9 Å². The summed E-state index contributed by atoms with van der Waals surface area (Å²) in [5, 5.41) is 8.40. The molecule has 0 aliphatic heterocycles. The molecule has 0 bridgehead atoms. The minimum Gasteiger partial charge on any atom is -0.334 e. The Morgan fingerprint density at radius 3 is 2.19 bits per heavy atom. The molecule has 0 atom stereocenters. The first-order valence-corrected chi connectivity index (χ1v) is 8.67. The summed E-state index contributed by atoms with van der Waals surface area (Å²) in [5.74, 6) is -0.198. The molecule has 5 nitrogen and oxygen atoms in total. The fraction of sp³-hybridized carbons (Fsp3) is 0.0909. The van der Waals surface area contributed by atoms with Crippen molar-refractivity contribution in [3.8, 4) is 0 Å². The number of rotatable bonds is 5. The van der Waals surface area contributed by atoms with Gasteiger partial charge in [-0.1, -0.05) is 48.0 Å². The topological polar surface area (TPSA) is 70.2 Å². The van der Waals surface area contributed by atoms with Crippen LogP contribution in [-0.2, 0) is 6.54 Å². The molecule has 0 fully saturated rings. The zero-order chi connectivity index (χ0) is 19.1. The highest BCUT2D eigenvalue weighted by Gasteiger charge is 2.07. The van der Waals surface area contributed by atoms with Gasteiger partial charge in [0.05, 0.1) is 0 Å². The van der Waals surface area contributed by atoms with Crippen molar-refractivity contribution in [1.82, 2.24) is 5.32 Å². The van der Waals surface area contributed by atoms with E-state index in [0.717, 1.165) is 16.8 Å². The average molecular weight is 359 g/mol. The zero-order valence-electron chi connectivity index (χ0n) is 15.0. The number of nitrogens with one attached hydrogen (secondary N) is 3. The van der Waals surface area contributed by atoms with Gasteiger partial charge < -0.3 is 16.0 Å². The molecule has 3 rings (SSSR count). The summed E-state index contributed by atoms with van der Waals surface area (Å²) in [4.78, 5) is 24.3. The SMILES string of the molecule is Cc1cccc(CNC(=O)Nc2ccc(C(=O)Nc3ccccc3)cc2)c1. The van der Waals surface area contributed by atoms with Gasteiger partial charge in [0.2, 0.25) is 0 Å². The monoisotopic (exact) mass is 359 g/mol. The first-order chi connectivity index (χ1) is 13.1. The molecule has 0 saturated heterocycles. The Balaban J connectivity index is 1.52. The number of carbonyl (C=O) groups is 2. The number of hydrogen-bond acceptors (Lipinski definition) is 2. The Labute approximate surface area is 158 Å². The minimum atomic E-state index is -0.294. The third-order valence-electron chi connectivity index (χ3n) is 3.97. The highest BCUT2D eigenvalue weighted by Crippen LogP contribution is 2.12. The van der Waals surface area contributed by atoms with Crippen LogP contribution in [0.2, 0.25) is 0 Å². The number of aryl methyl sites for hydroxylation is 1. The second-order valence-corrected chi connectivity index (χ2v) is 6.19. The van der Waals surface area contributed by atoms with Gasteiger partial charge in [-0.2, -0.15) is 0 Å². The maximum Gasteiger partial charge on any atom is 0.319 e. The maximum absolute atomic E-state index is 12.2. The summed E-state index contributed by atoms with van der Waals surface area (Å²) in [6.45, 7) is 2.46. The number of anilines is 2. The molecule has 3 N–H and O–H groups in total. The summed E-state index contributed by atoms with van der Waals surface area (Å²) in [6.07, 6.45) is 0. The van der Waals surface area contributed by atoms with Crippen LogP contribution in [0.3, 0.4) is 0 Å². The number of hydrogen-bond donors (Lipinski definition) is 3. The number of urea groups is 1. The maximum atomic E-state index is 12.2. The van der Waals surface area contributed by atoms with Crippen LogP contribution in [0.4, 0.5) is 16.2 Å². The molecule has 0 radical (unpaired) electrons. The number of amides is 3. The lowest BCUT2D eigenvalue weighted by Gasteiger charge is -2.09. The highest BCUT2D eigenvalue weighted by atomic mass is 16.2. The lowest BCUT2D eigenvalue weighted by atomic mass is 10.1. The van der Waals surface area contributed by atoms with Gasteiger partial charge in [0.15, 0.2) is 0 Å².